The molecule has 1 amide bonds. The molecular weight excluding hydrogens is 378 g/mol. The number of rotatable bonds is 3. The van der Waals surface area contributed by atoms with Crippen molar-refractivity contribution < 1.29 is 18.3 Å². The van der Waals surface area contributed by atoms with Gasteiger partial charge < -0.3 is 9.64 Å². The number of hydrogen-bond donors (Lipinski definition) is 0. The van der Waals surface area contributed by atoms with Crippen molar-refractivity contribution in [2.24, 2.45) is 5.11 Å². The maximum Gasteiger partial charge on any atom is 0.252 e. The van der Waals surface area contributed by atoms with Gasteiger partial charge in [-0.25, -0.2) is 8.78 Å². The predicted molar refractivity (Wildman–Crippen MR) is 102 cm³/mol. The topological polar surface area (TPSA) is 78.3 Å². The Morgan fingerprint density at radius 2 is 1.97 bits per heavy atom. The molecule has 0 saturated carbocycles. The first-order chi connectivity index (χ1) is 14.1. The number of amides is 1. The molecule has 0 bridgehead atoms. The molecule has 0 N–H and O–H groups in total. The Morgan fingerprint density at radius 1 is 1.21 bits per heavy atom. The van der Waals surface area contributed by atoms with Crippen LogP contribution in [0, 0.1) is 5.82 Å². The summed E-state index contributed by atoms with van der Waals surface area (Å²) in [5.41, 5.74) is 11.4. The number of carbonyl (C=O) groups excluding carboxylic acids is 1. The van der Waals surface area contributed by atoms with E-state index in [0.717, 1.165) is 16.7 Å². The number of halogens is 2. The minimum absolute atomic E-state index is 0.132. The van der Waals surface area contributed by atoms with E-state index in [4.69, 9.17) is 10.3 Å². The highest BCUT2D eigenvalue weighted by Gasteiger charge is 2.40. The maximum atomic E-state index is 14.4. The van der Waals surface area contributed by atoms with Crippen molar-refractivity contribution in [2.45, 2.75) is 37.2 Å². The van der Waals surface area contributed by atoms with Crippen molar-refractivity contribution in [1.82, 2.24) is 4.90 Å². The summed E-state index contributed by atoms with van der Waals surface area (Å²) >= 11 is 0. The van der Waals surface area contributed by atoms with Gasteiger partial charge in [0.15, 0.2) is 0 Å². The lowest BCUT2D eigenvalue weighted by molar-refractivity contribution is -0.152. The monoisotopic (exact) mass is 398 g/mol. The number of hydrogen-bond acceptors (Lipinski definition) is 3. The zero-order chi connectivity index (χ0) is 20.4. The third-order valence-electron chi connectivity index (χ3n) is 5.55. The molecule has 4 atom stereocenters. The van der Waals surface area contributed by atoms with E-state index in [-0.39, 0.29) is 24.8 Å². The van der Waals surface area contributed by atoms with Gasteiger partial charge in [-0.3, -0.25) is 4.79 Å². The van der Waals surface area contributed by atoms with Crippen LogP contribution in [0.2, 0.25) is 0 Å². The number of benzene rings is 2. The third-order valence-corrected chi connectivity index (χ3v) is 5.55. The molecule has 1 saturated heterocycles. The summed E-state index contributed by atoms with van der Waals surface area (Å²) in [5, 5.41) is 3.39. The van der Waals surface area contributed by atoms with Gasteiger partial charge in [0.1, 0.15) is 18.1 Å². The lowest BCUT2D eigenvalue weighted by atomic mass is 9.87. The van der Waals surface area contributed by atoms with Crippen molar-refractivity contribution in [1.29, 1.82) is 0 Å². The van der Waals surface area contributed by atoms with Crippen LogP contribution in [0.5, 0.6) is 0 Å². The van der Waals surface area contributed by atoms with Crippen molar-refractivity contribution in [3.8, 4) is 0 Å². The molecule has 150 valence electrons. The van der Waals surface area contributed by atoms with E-state index in [1.807, 2.05) is 24.3 Å². The molecule has 2 aliphatic heterocycles. The first-order valence-electron chi connectivity index (χ1n) is 9.52. The number of ether oxygens (including phenoxy) is 1. The Kier molecular flexibility index (Phi) is 5.47. The molecule has 0 aromatic heterocycles. The molecule has 29 heavy (non-hydrogen) atoms. The molecule has 4 rings (SSSR count). The summed E-state index contributed by atoms with van der Waals surface area (Å²) < 4.78 is 33.4. The highest BCUT2D eigenvalue weighted by Crippen LogP contribution is 2.36. The second-order valence-corrected chi connectivity index (χ2v) is 7.28. The fourth-order valence-corrected chi connectivity index (χ4v) is 4.09. The van der Waals surface area contributed by atoms with Crippen molar-refractivity contribution in [3.63, 3.8) is 0 Å². The normalized spacial score (nSPS) is 26.3. The van der Waals surface area contributed by atoms with Crippen molar-refractivity contribution in [2.75, 3.05) is 13.2 Å². The average molecular weight is 398 g/mol. The molecule has 2 heterocycles. The van der Waals surface area contributed by atoms with E-state index in [1.165, 1.54) is 12.1 Å². The smallest absolute Gasteiger partial charge is 0.252 e. The van der Waals surface area contributed by atoms with Crippen molar-refractivity contribution in [3.05, 3.63) is 81.5 Å². The minimum atomic E-state index is -1.44. The first kappa shape index (κ1) is 19.4. The van der Waals surface area contributed by atoms with Crippen LogP contribution >= 0.6 is 0 Å². The Labute approximate surface area is 166 Å². The van der Waals surface area contributed by atoms with E-state index in [0.29, 0.717) is 13.0 Å². The van der Waals surface area contributed by atoms with Gasteiger partial charge in [0.05, 0.1) is 18.7 Å². The van der Waals surface area contributed by atoms with Crippen LogP contribution in [0.25, 0.3) is 10.4 Å². The number of alkyl halides is 1. The molecule has 2 aliphatic rings. The third kappa shape index (κ3) is 3.81. The zero-order valence-corrected chi connectivity index (χ0v) is 15.6. The van der Waals surface area contributed by atoms with Gasteiger partial charge in [0.25, 0.3) is 5.91 Å². The molecule has 0 unspecified atom stereocenters. The fraction of sp³-hybridized carbons (Fsp3) is 0.381. The second kappa shape index (κ2) is 8.19. The molecule has 0 aliphatic carbocycles. The Balaban J connectivity index is 1.64. The minimum Gasteiger partial charge on any atom is -0.368 e. The standard InChI is InChI=1S/C21H20F2N4O2/c22-15-7-5-14(6-8-15)20-16-4-2-1-3-13(16)9-10-27(20)21(28)19-11-17(23)18(12-29-19)25-26-24/h1-8,17-20H,9-12H2/t17-,18+,19-,20+/m1/s1. The number of nitrogens with zero attached hydrogens (tertiary/aromatic N) is 4. The number of carbonyl (C=O) groups is 1. The highest BCUT2D eigenvalue weighted by atomic mass is 19.1. The SMILES string of the molecule is [N-]=[N+]=N[C@H]1CO[C@@H](C(=O)N2CCc3ccccc3[C@@H]2c2ccc(F)cc2)C[C@H]1F. The molecule has 2 aromatic rings. The van der Waals surface area contributed by atoms with E-state index < -0.39 is 24.4 Å². The van der Waals surface area contributed by atoms with Gasteiger partial charge in [0.2, 0.25) is 0 Å². The van der Waals surface area contributed by atoms with Gasteiger partial charge in [-0.05, 0) is 40.8 Å². The summed E-state index contributed by atoms with van der Waals surface area (Å²) in [6.07, 6.45) is -1.86. The molecule has 6 nitrogen and oxygen atoms in total. The van der Waals surface area contributed by atoms with E-state index >= 15 is 0 Å². The van der Waals surface area contributed by atoms with Crippen molar-refractivity contribution >= 4 is 5.91 Å². The van der Waals surface area contributed by atoms with Gasteiger partial charge in [-0.2, -0.15) is 0 Å². The molecule has 1 fully saturated rings. The lowest BCUT2D eigenvalue weighted by Gasteiger charge is -2.40. The van der Waals surface area contributed by atoms with Gasteiger partial charge in [0, 0.05) is 17.9 Å². The predicted octanol–water partition coefficient (Wildman–Crippen LogP) is 4.11. The van der Waals surface area contributed by atoms with Gasteiger partial charge in [-0.15, -0.1) is 0 Å². The fourth-order valence-electron chi connectivity index (χ4n) is 4.09. The Bertz CT molecular complexity index is 946. The Hall–Kier alpha value is -2.96. The largest absolute Gasteiger partial charge is 0.368 e. The average Bonchev–Trinajstić information content (AvgIpc) is 2.74. The van der Waals surface area contributed by atoms with Gasteiger partial charge >= 0.3 is 0 Å². The van der Waals surface area contributed by atoms with E-state index in [2.05, 4.69) is 10.0 Å². The van der Waals surface area contributed by atoms with Crippen LogP contribution < -0.4 is 0 Å². The van der Waals surface area contributed by atoms with Crippen LogP contribution in [-0.4, -0.2) is 42.3 Å². The second-order valence-electron chi connectivity index (χ2n) is 7.28. The Morgan fingerprint density at radius 3 is 2.69 bits per heavy atom. The van der Waals surface area contributed by atoms with Crippen LogP contribution in [-0.2, 0) is 16.0 Å². The zero-order valence-electron chi connectivity index (χ0n) is 15.6. The molecule has 8 heteroatoms. The summed E-state index contributed by atoms with van der Waals surface area (Å²) in [7, 11) is 0. The summed E-state index contributed by atoms with van der Waals surface area (Å²) in [5.74, 6) is -0.661. The first-order valence-corrected chi connectivity index (χ1v) is 9.52. The number of azide groups is 1. The molecule has 2 aromatic carbocycles. The molecular formula is C21H20F2N4O2. The van der Waals surface area contributed by atoms with Crippen LogP contribution in [0.1, 0.15) is 29.2 Å². The van der Waals surface area contributed by atoms with E-state index in [9.17, 15) is 13.6 Å². The van der Waals surface area contributed by atoms with E-state index in [1.54, 1.807) is 17.0 Å². The quantitative estimate of drug-likeness (QED) is 0.443. The summed E-state index contributed by atoms with van der Waals surface area (Å²) in [6, 6.07) is 12.6. The highest BCUT2D eigenvalue weighted by molar-refractivity contribution is 5.82. The number of fused-ring (bicyclic) bond motifs is 1. The molecule has 0 radical (unpaired) electrons. The van der Waals surface area contributed by atoms with Gasteiger partial charge in [-0.1, -0.05) is 41.5 Å². The molecule has 0 spiro atoms. The van der Waals surface area contributed by atoms with Crippen LogP contribution in [0.15, 0.2) is 53.6 Å². The summed E-state index contributed by atoms with van der Waals surface area (Å²) in [4.78, 5) is 17.6. The van der Waals surface area contributed by atoms with Crippen LogP contribution in [0.4, 0.5) is 8.78 Å². The maximum absolute atomic E-state index is 14.4. The summed E-state index contributed by atoms with van der Waals surface area (Å²) in [6.45, 7) is 0.321. The lowest BCUT2D eigenvalue weighted by Crippen LogP contribution is -2.50. The van der Waals surface area contributed by atoms with Crippen LogP contribution in [0.3, 0.4) is 0 Å².